The second-order valence-corrected chi connectivity index (χ2v) is 4.33. The Balaban J connectivity index is 1.76. The molecule has 2 rings (SSSR count). The van der Waals surface area contributed by atoms with Gasteiger partial charge in [0, 0.05) is 39.1 Å². The molecule has 1 saturated heterocycles. The molecule has 0 aliphatic carbocycles. The molecule has 0 atom stereocenters. The number of hydrogen-bond donors (Lipinski definition) is 1. The molecule has 1 aliphatic rings. The summed E-state index contributed by atoms with van der Waals surface area (Å²) in [5, 5.41) is 3.34. The Morgan fingerprint density at radius 3 is 2.79 bits per heavy atom. The lowest BCUT2D eigenvalue weighted by Gasteiger charge is -2.26. The summed E-state index contributed by atoms with van der Waals surface area (Å²) in [7, 11) is 0. The molecule has 14 heavy (non-hydrogen) atoms. The summed E-state index contributed by atoms with van der Waals surface area (Å²) in [6.45, 7) is 5.63. The maximum absolute atomic E-state index is 5.45. The van der Waals surface area contributed by atoms with Crippen LogP contribution in [-0.4, -0.2) is 37.6 Å². The first-order valence-electron chi connectivity index (χ1n) is 5.02. The zero-order valence-corrected chi connectivity index (χ0v) is 9.72. The highest BCUT2D eigenvalue weighted by Gasteiger charge is 2.09. The van der Waals surface area contributed by atoms with Gasteiger partial charge in [0.05, 0.1) is 0 Å². The molecule has 1 N–H and O–H groups in total. The molecule has 78 valence electrons. The fourth-order valence-corrected chi connectivity index (χ4v) is 2.03. The predicted molar refractivity (Wildman–Crippen MR) is 59.4 cm³/mol. The van der Waals surface area contributed by atoms with E-state index >= 15 is 0 Å². The minimum Gasteiger partial charge on any atom is -0.454 e. The quantitative estimate of drug-likeness (QED) is 0.891. The molecule has 3 nitrogen and oxygen atoms in total. The first-order valence-corrected chi connectivity index (χ1v) is 5.81. The van der Waals surface area contributed by atoms with Crippen LogP contribution >= 0.6 is 15.9 Å². The first-order chi connectivity index (χ1) is 6.84. The van der Waals surface area contributed by atoms with E-state index < -0.39 is 0 Å². The molecular weight excluding hydrogens is 244 g/mol. The fourth-order valence-electron chi connectivity index (χ4n) is 1.69. The monoisotopic (exact) mass is 258 g/mol. The van der Waals surface area contributed by atoms with E-state index in [2.05, 4.69) is 26.1 Å². The van der Waals surface area contributed by atoms with Crippen molar-refractivity contribution in [3.05, 3.63) is 22.6 Å². The van der Waals surface area contributed by atoms with Gasteiger partial charge in [-0.1, -0.05) is 0 Å². The second kappa shape index (κ2) is 4.96. The number of halogens is 1. The van der Waals surface area contributed by atoms with Crippen LogP contribution in [-0.2, 0) is 6.42 Å². The highest BCUT2D eigenvalue weighted by Crippen LogP contribution is 2.14. The maximum atomic E-state index is 5.45. The van der Waals surface area contributed by atoms with E-state index in [1.165, 1.54) is 0 Å². The second-order valence-electron chi connectivity index (χ2n) is 3.55. The SMILES string of the molecule is Brc1ccc(CCN2CCNCC2)o1. The Bertz CT molecular complexity index is 281. The lowest BCUT2D eigenvalue weighted by molar-refractivity contribution is 0.238. The third kappa shape index (κ3) is 2.83. The van der Waals surface area contributed by atoms with Gasteiger partial charge in [0.15, 0.2) is 4.67 Å². The standard InChI is InChI=1S/C10H15BrN2O/c11-10-2-1-9(14-10)3-6-13-7-4-12-5-8-13/h1-2,12H,3-8H2. The number of hydrogen-bond acceptors (Lipinski definition) is 3. The van der Waals surface area contributed by atoms with Gasteiger partial charge in [-0.05, 0) is 28.1 Å². The highest BCUT2D eigenvalue weighted by molar-refractivity contribution is 9.10. The molecule has 1 aromatic heterocycles. The van der Waals surface area contributed by atoms with Crippen molar-refractivity contribution in [1.82, 2.24) is 10.2 Å². The van der Waals surface area contributed by atoms with E-state index in [4.69, 9.17) is 4.42 Å². The third-order valence-electron chi connectivity index (χ3n) is 2.51. The fraction of sp³-hybridized carbons (Fsp3) is 0.600. The number of nitrogens with zero attached hydrogens (tertiary/aromatic N) is 1. The molecular formula is C10H15BrN2O. The van der Waals surface area contributed by atoms with Gasteiger partial charge in [-0.15, -0.1) is 0 Å². The molecule has 0 saturated carbocycles. The number of nitrogens with one attached hydrogen (secondary N) is 1. The molecule has 0 aromatic carbocycles. The average Bonchev–Trinajstić information content (AvgIpc) is 2.63. The van der Waals surface area contributed by atoms with E-state index in [1.54, 1.807) is 0 Å². The lowest BCUT2D eigenvalue weighted by atomic mass is 10.3. The lowest BCUT2D eigenvalue weighted by Crippen LogP contribution is -2.44. The summed E-state index contributed by atoms with van der Waals surface area (Å²) < 4.78 is 6.28. The molecule has 0 unspecified atom stereocenters. The van der Waals surface area contributed by atoms with E-state index in [0.29, 0.717) is 0 Å². The van der Waals surface area contributed by atoms with Crippen LogP contribution in [0.3, 0.4) is 0 Å². The van der Waals surface area contributed by atoms with Crippen LogP contribution in [0, 0.1) is 0 Å². The van der Waals surface area contributed by atoms with Gasteiger partial charge >= 0.3 is 0 Å². The summed E-state index contributed by atoms with van der Waals surface area (Å²) in [5.74, 6) is 1.07. The predicted octanol–water partition coefficient (Wildman–Crippen LogP) is 1.49. The molecule has 1 aromatic rings. The number of furan rings is 1. The smallest absolute Gasteiger partial charge is 0.169 e. The zero-order valence-electron chi connectivity index (χ0n) is 8.13. The summed E-state index contributed by atoms with van der Waals surface area (Å²) in [5.41, 5.74) is 0. The molecule has 1 aliphatic heterocycles. The summed E-state index contributed by atoms with van der Waals surface area (Å²) >= 11 is 3.31. The highest BCUT2D eigenvalue weighted by atomic mass is 79.9. The van der Waals surface area contributed by atoms with Gasteiger partial charge < -0.3 is 14.6 Å². The van der Waals surface area contributed by atoms with E-state index in [9.17, 15) is 0 Å². The molecule has 0 amide bonds. The third-order valence-corrected chi connectivity index (χ3v) is 2.94. The topological polar surface area (TPSA) is 28.4 Å². The van der Waals surface area contributed by atoms with Crippen molar-refractivity contribution in [3.63, 3.8) is 0 Å². The van der Waals surface area contributed by atoms with Crippen LogP contribution < -0.4 is 5.32 Å². The van der Waals surface area contributed by atoms with Gasteiger partial charge in [0.1, 0.15) is 5.76 Å². The first kappa shape index (κ1) is 10.2. The van der Waals surface area contributed by atoms with Crippen molar-refractivity contribution in [2.24, 2.45) is 0 Å². The van der Waals surface area contributed by atoms with Gasteiger partial charge in [0.25, 0.3) is 0 Å². The van der Waals surface area contributed by atoms with Crippen LogP contribution in [0.25, 0.3) is 0 Å². The molecule has 2 heterocycles. The minimum absolute atomic E-state index is 0.827. The molecule has 0 bridgehead atoms. The Labute approximate surface area is 92.6 Å². The summed E-state index contributed by atoms with van der Waals surface area (Å²) in [6.07, 6.45) is 1.01. The molecule has 4 heteroatoms. The van der Waals surface area contributed by atoms with E-state index in [-0.39, 0.29) is 0 Å². The van der Waals surface area contributed by atoms with Crippen molar-refractivity contribution in [2.45, 2.75) is 6.42 Å². The van der Waals surface area contributed by atoms with Crippen LogP contribution in [0.2, 0.25) is 0 Å². The zero-order chi connectivity index (χ0) is 9.80. The van der Waals surface area contributed by atoms with Crippen molar-refractivity contribution in [2.75, 3.05) is 32.7 Å². The normalized spacial score (nSPS) is 18.6. The Morgan fingerprint density at radius 2 is 2.14 bits per heavy atom. The van der Waals surface area contributed by atoms with Crippen LogP contribution in [0.4, 0.5) is 0 Å². The van der Waals surface area contributed by atoms with Crippen molar-refractivity contribution < 1.29 is 4.42 Å². The Kier molecular flexibility index (Phi) is 3.61. The Morgan fingerprint density at radius 1 is 1.36 bits per heavy atom. The minimum atomic E-state index is 0.827. The van der Waals surface area contributed by atoms with Gasteiger partial charge in [-0.2, -0.15) is 0 Å². The van der Waals surface area contributed by atoms with E-state index in [0.717, 1.165) is 49.6 Å². The average molecular weight is 259 g/mol. The van der Waals surface area contributed by atoms with Crippen LogP contribution in [0.15, 0.2) is 21.2 Å². The van der Waals surface area contributed by atoms with Crippen molar-refractivity contribution in [3.8, 4) is 0 Å². The number of piperazine rings is 1. The Hall–Kier alpha value is -0.320. The largest absolute Gasteiger partial charge is 0.454 e. The van der Waals surface area contributed by atoms with Gasteiger partial charge in [-0.25, -0.2) is 0 Å². The molecule has 1 fully saturated rings. The van der Waals surface area contributed by atoms with Crippen molar-refractivity contribution in [1.29, 1.82) is 0 Å². The summed E-state index contributed by atoms with van der Waals surface area (Å²) in [6, 6.07) is 3.99. The van der Waals surface area contributed by atoms with Gasteiger partial charge in [0.2, 0.25) is 0 Å². The summed E-state index contributed by atoms with van der Waals surface area (Å²) in [4.78, 5) is 2.47. The van der Waals surface area contributed by atoms with Gasteiger partial charge in [-0.3, -0.25) is 0 Å². The maximum Gasteiger partial charge on any atom is 0.169 e. The number of rotatable bonds is 3. The van der Waals surface area contributed by atoms with Crippen LogP contribution in [0.5, 0.6) is 0 Å². The molecule has 0 radical (unpaired) electrons. The van der Waals surface area contributed by atoms with Crippen molar-refractivity contribution >= 4 is 15.9 Å². The van der Waals surface area contributed by atoms with Crippen LogP contribution in [0.1, 0.15) is 5.76 Å². The van der Waals surface area contributed by atoms with E-state index in [1.807, 2.05) is 12.1 Å². The molecule has 0 spiro atoms.